The van der Waals surface area contributed by atoms with E-state index in [0.29, 0.717) is 33.1 Å². The van der Waals surface area contributed by atoms with Gasteiger partial charge in [0.05, 0.1) is 28.8 Å². The van der Waals surface area contributed by atoms with Crippen LogP contribution >= 0.6 is 11.3 Å². The summed E-state index contributed by atoms with van der Waals surface area (Å²) in [5, 5.41) is 15.0. The predicted molar refractivity (Wildman–Crippen MR) is 170 cm³/mol. The number of para-hydroxylation sites is 1. The molecule has 2 heterocycles. The number of alkyl halides is 6. The number of hydrogen-bond acceptors (Lipinski definition) is 6. The average Bonchev–Trinajstić information content (AvgIpc) is 3.69. The van der Waals surface area contributed by atoms with Crippen molar-refractivity contribution in [1.29, 1.82) is 0 Å². The van der Waals surface area contributed by atoms with Gasteiger partial charge in [-0.25, -0.2) is 9.67 Å². The number of rotatable bonds is 7. The molecule has 0 aliphatic carbocycles. The first-order chi connectivity index (χ1) is 22.9. The van der Waals surface area contributed by atoms with E-state index in [0.717, 1.165) is 34.5 Å². The first-order valence-corrected chi connectivity index (χ1v) is 15.1. The van der Waals surface area contributed by atoms with Crippen molar-refractivity contribution in [2.45, 2.75) is 26.4 Å². The lowest BCUT2D eigenvalue weighted by Crippen LogP contribution is -2.17. The minimum absolute atomic E-state index is 0.339. The molecule has 0 atom stereocenters. The van der Waals surface area contributed by atoms with E-state index in [4.69, 9.17) is 0 Å². The van der Waals surface area contributed by atoms with Crippen LogP contribution in [0.1, 0.15) is 22.3 Å². The van der Waals surface area contributed by atoms with Crippen molar-refractivity contribution in [1.82, 2.24) is 19.3 Å². The fourth-order valence-electron chi connectivity index (χ4n) is 4.97. The molecular weight excluding hydrogens is 654 g/mol. The third-order valence-corrected chi connectivity index (χ3v) is 8.04. The van der Waals surface area contributed by atoms with Gasteiger partial charge in [0.15, 0.2) is 5.82 Å². The van der Waals surface area contributed by atoms with E-state index in [-0.39, 0.29) is 5.75 Å². The Hall–Kier alpha value is -5.50. The SMILES string of the molecule is Cc1cccc(C)c1-n1c(-c2ccc(C(F)(F)F)cc2)cs/c1=N\N=C/c1ccc(-c2ncn(-c3ccc(OC(F)(F)F)cc3)n2)cc1. The number of halogens is 6. The second kappa shape index (κ2) is 13.0. The number of aryl methyl sites for hydroxylation is 2. The van der Waals surface area contributed by atoms with Crippen molar-refractivity contribution in [3.8, 4) is 39.8 Å². The highest BCUT2D eigenvalue weighted by Crippen LogP contribution is 2.32. The van der Waals surface area contributed by atoms with E-state index >= 15 is 0 Å². The lowest BCUT2D eigenvalue weighted by atomic mass is 10.1. The fraction of sp³-hybridized carbons (Fsp3) is 0.118. The first-order valence-electron chi connectivity index (χ1n) is 14.3. The van der Waals surface area contributed by atoms with E-state index < -0.39 is 18.1 Å². The van der Waals surface area contributed by atoms with Gasteiger partial charge in [0.25, 0.3) is 0 Å². The quantitative estimate of drug-likeness (QED) is 0.0962. The van der Waals surface area contributed by atoms with Crippen molar-refractivity contribution >= 4 is 17.6 Å². The van der Waals surface area contributed by atoms with Gasteiger partial charge in [0.1, 0.15) is 12.1 Å². The largest absolute Gasteiger partial charge is 0.573 e. The zero-order valence-electron chi connectivity index (χ0n) is 25.2. The maximum atomic E-state index is 13.2. The molecule has 14 heteroatoms. The summed E-state index contributed by atoms with van der Waals surface area (Å²) in [6, 6.07) is 23.3. The molecule has 0 aliphatic rings. The number of hydrogen-bond donors (Lipinski definition) is 0. The highest BCUT2D eigenvalue weighted by Gasteiger charge is 2.31. The second-order valence-corrected chi connectivity index (χ2v) is 11.4. The summed E-state index contributed by atoms with van der Waals surface area (Å²) >= 11 is 1.32. The van der Waals surface area contributed by atoms with E-state index in [1.807, 2.05) is 42.0 Å². The molecule has 2 aromatic heterocycles. The van der Waals surface area contributed by atoms with Crippen molar-refractivity contribution < 1.29 is 31.1 Å². The Morgan fingerprint density at radius 3 is 2.06 bits per heavy atom. The summed E-state index contributed by atoms with van der Waals surface area (Å²) < 4.78 is 84.2. The highest BCUT2D eigenvalue weighted by molar-refractivity contribution is 7.07. The average molecular weight is 679 g/mol. The number of nitrogens with zero attached hydrogens (tertiary/aromatic N) is 6. The molecular formula is C34H24F6N6OS. The number of aromatic nitrogens is 4. The van der Waals surface area contributed by atoms with Gasteiger partial charge in [0.2, 0.25) is 4.80 Å². The number of benzene rings is 4. The van der Waals surface area contributed by atoms with E-state index in [9.17, 15) is 26.3 Å². The van der Waals surface area contributed by atoms with Crippen LogP contribution in [0, 0.1) is 13.8 Å². The van der Waals surface area contributed by atoms with E-state index in [1.165, 1.54) is 58.7 Å². The second-order valence-electron chi connectivity index (χ2n) is 10.6. The van der Waals surface area contributed by atoms with Gasteiger partial charge in [0, 0.05) is 10.9 Å². The molecule has 4 aromatic carbocycles. The molecule has 0 amide bonds. The zero-order valence-corrected chi connectivity index (χ0v) is 26.0. The van der Waals surface area contributed by atoms with Gasteiger partial charge < -0.3 is 4.74 Å². The molecule has 6 aromatic rings. The molecule has 0 saturated heterocycles. The summed E-state index contributed by atoms with van der Waals surface area (Å²) in [6.45, 7) is 3.92. The summed E-state index contributed by atoms with van der Waals surface area (Å²) in [5.41, 5.74) is 5.29. The lowest BCUT2D eigenvalue weighted by Gasteiger charge is -2.15. The molecule has 0 radical (unpaired) electrons. The summed E-state index contributed by atoms with van der Waals surface area (Å²) in [7, 11) is 0. The third-order valence-electron chi connectivity index (χ3n) is 7.22. The van der Waals surface area contributed by atoms with Gasteiger partial charge in [-0.05, 0) is 72.5 Å². The molecule has 244 valence electrons. The Bertz CT molecular complexity index is 2120. The first kappa shape index (κ1) is 32.4. The Balaban J connectivity index is 1.25. The number of ether oxygens (including phenoxy) is 1. The van der Waals surface area contributed by atoms with Crippen molar-refractivity contribution in [3.05, 3.63) is 130 Å². The minimum Gasteiger partial charge on any atom is -0.406 e. The normalized spacial score (nSPS) is 12.6. The summed E-state index contributed by atoms with van der Waals surface area (Å²) in [4.78, 5) is 4.83. The molecule has 0 saturated carbocycles. The molecule has 0 N–H and O–H groups in total. The Labute approximate surface area is 273 Å². The maximum absolute atomic E-state index is 13.2. The van der Waals surface area contributed by atoms with Crippen LogP contribution in [0.5, 0.6) is 5.75 Å². The van der Waals surface area contributed by atoms with Crippen molar-refractivity contribution in [2.75, 3.05) is 0 Å². The van der Waals surface area contributed by atoms with Crippen LogP contribution in [-0.2, 0) is 6.18 Å². The Kier molecular flexibility index (Phi) is 8.75. The number of thiazole rings is 1. The summed E-state index contributed by atoms with van der Waals surface area (Å²) in [6.07, 6.45) is -6.18. The lowest BCUT2D eigenvalue weighted by molar-refractivity contribution is -0.274. The topological polar surface area (TPSA) is 69.6 Å². The van der Waals surface area contributed by atoms with Crippen molar-refractivity contribution in [2.24, 2.45) is 10.2 Å². The third kappa shape index (κ3) is 7.23. The van der Waals surface area contributed by atoms with Gasteiger partial charge in [-0.1, -0.05) is 54.6 Å². The minimum atomic E-state index is -4.78. The van der Waals surface area contributed by atoms with E-state index in [2.05, 4.69) is 25.0 Å². The Morgan fingerprint density at radius 1 is 0.792 bits per heavy atom. The van der Waals surface area contributed by atoms with Gasteiger partial charge >= 0.3 is 12.5 Å². The molecule has 0 aliphatic heterocycles. The molecule has 0 bridgehead atoms. The van der Waals surface area contributed by atoms with Crippen LogP contribution in [0.4, 0.5) is 26.3 Å². The predicted octanol–water partition coefficient (Wildman–Crippen LogP) is 8.92. The standard InChI is InChI=1S/C34H24F6N6OS/c1-21-4-3-5-22(2)30(21)46-29(24-10-12-26(13-11-24)33(35,36)37)19-48-32(46)43-42-18-23-6-8-25(9-7-23)31-41-20-45(44-31)27-14-16-28(17-15-27)47-34(38,39)40/h3-20H,1-2H3/b42-18-,43-32-. The van der Waals surface area contributed by atoms with Crippen LogP contribution in [-0.4, -0.2) is 31.9 Å². The molecule has 0 fully saturated rings. The van der Waals surface area contributed by atoms with Crippen LogP contribution in [0.2, 0.25) is 0 Å². The van der Waals surface area contributed by atoms with Gasteiger partial charge in [-0.3, -0.25) is 4.57 Å². The zero-order chi connectivity index (χ0) is 34.1. The monoisotopic (exact) mass is 678 g/mol. The fourth-order valence-corrected chi connectivity index (χ4v) is 5.82. The Morgan fingerprint density at radius 2 is 1.44 bits per heavy atom. The van der Waals surface area contributed by atoms with Gasteiger partial charge in [-0.15, -0.1) is 34.7 Å². The molecule has 0 unspecified atom stereocenters. The molecule has 7 nitrogen and oxygen atoms in total. The van der Waals surface area contributed by atoms with Crippen LogP contribution in [0.3, 0.4) is 0 Å². The van der Waals surface area contributed by atoms with Crippen molar-refractivity contribution in [3.63, 3.8) is 0 Å². The van der Waals surface area contributed by atoms with Crippen LogP contribution in [0.15, 0.2) is 113 Å². The highest BCUT2D eigenvalue weighted by atomic mass is 32.1. The molecule has 48 heavy (non-hydrogen) atoms. The van der Waals surface area contributed by atoms with E-state index in [1.54, 1.807) is 30.5 Å². The molecule has 6 rings (SSSR count). The van der Waals surface area contributed by atoms with Crippen LogP contribution in [0.25, 0.3) is 34.0 Å². The van der Waals surface area contributed by atoms with Gasteiger partial charge in [-0.2, -0.15) is 18.3 Å². The van der Waals surface area contributed by atoms with Crippen LogP contribution < -0.4 is 9.54 Å². The maximum Gasteiger partial charge on any atom is 0.573 e. The molecule has 0 spiro atoms. The smallest absolute Gasteiger partial charge is 0.406 e. The summed E-state index contributed by atoms with van der Waals surface area (Å²) in [5.74, 6) is 0.0668.